The Bertz CT molecular complexity index is 2180. The molecule has 55 heavy (non-hydrogen) atoms. The maximum Gasteiger partial charge on any atom is 0.306 e. The molecule has 2 fully saturated rings. The molecule has 1 aliphatic carbocycles. The third kappa shape index (κ3) is 8.78. The fourth-order valence-electron chi connectivity index (χ4n) is 7.97. The number of halogens is 2. The van der Waals surface area contributed by atoms with Crippen molar-refractivity contribution in [3.8, 4) is 33.8 Å². The quantitative estimate of drug-likeness (QED) is 0.0840. The maximum absolute atomic E-state index is 11.6. The summed E-state index contributed by atoms with van der Waals surface area (Å²) >= 11 is 14.1. The first-order valence-electron chi connectivity index (χ1n) is 18.9. The lowest BCUT2D eigenvalue weighted by Crippen LogP contribution is -2.35. The van der Waals surface area contributed by atoms with E-state index in [-0.39, 0.29) is 17.9 Å². The highest BCUT2D eigenvalue weighted by Gasteiger charge is 2.26. The molecule has 1 saturated carbocycles. The number of fused-ring (bicyclic) bond motifs is 1. The SMILES string of the molecule is COc1cc(Cn2ncc3c(-c4cccc(-c5ccc(CNC[C@@H]6CCC(=O)N6)c(OC)c5)c4Cl)cccc32)c(Cl)cc1CNCC1CCC(C(=O)O)CC1. The molecular weight excluding hydrogens is 737 g/mol. The molecule has 1 aromatic heterocycles. The highest BCUT2D eigenvalue weighted by atomic mass is 35.5. The van der Waals surface area contributed by atoms with E-state index >= 15 is 0 Å². The number of hydrogen-bond acceptors (Lipinski definition) is 7. The van der Waals surface area contributed by atoms with E-state index in [1.165, 1.54) is 0 Å². The van der Waals surface area contributed by atoms with Crippen LogP contribution in [0.2, 0.25) is 10.0 Å². The van der Waals surface area contributed by atoms with E-state index in [1.54, 1.807) is 14.2 Å². The van der Waals surface area contributed by atoms with Gasteiger partial charge in [0.25, 0.3) is 0 Å². The Morgan fingerprint density at radius 2 is 1.56 bits per heavy atom. The Hall–Kier alpha value is -4.61. The van der Waals surface area contributed by atoms with Crippen molar-refractivity contribution in [1.82, 2.24) is 25.7 Å². The number of nitrogens with zero attached hydrogens (tertiary/aromatic N) is 2. The molecule has 7 rings (SSSR count). The zero-order valence-electron chi connectivity index (χ0n) is 31.2. The van der Waals surface area contributed by atoms with Gasteiger partial charge < -0.3 is 30.5 Å². The number of aliphatic carboxylic acids is 1. The number of rotatable bonds is 15. The summed E-state index contributed by atoms with van der Waals surface area (Å²) < 4.78 is 13.5. The van der Waals surface area contributed by atoms with Crippen LogP contribution in [-0.2, 0) is 29.2 Å². The second kappa shape index (κ2) is 17.5. The lowest BCUT2D eigenvalue weighted by Gasteiger charge is -2.26. The van der Waals surface area contributed by atoms with Crippen LogP contribution in [0.25, 0.3) is 33.2 Å². The predicted molar refractivity (Wildman–Crippen MR) is 217 cm³/mol. The highest BCUT2D eigenvalue weighted by Crippen LogP contribution is 2.41. The summed E-state index contributed by atoms with van der Waals surface area (Å²) in [6.45, 7) is 3.21. The minimum absolute atomic E-state index is 0.113. The van der Waals surface area contributed by atoms with Crippen molar-refractivity contribution in [2.75, 3.05) is 27.3 Å². The van der Waals surface area contributed by atoms with Gasteiger partial charge in [0.05, 0.1) is 43.4 Å². The average Bonchev–Trinajstić information content (AvgIpc) is 3.81. The molecule has 1 saturated heterocycles. The molecule has 10 nitrogen and oxygen atoms in total. The molecule has 0 bridgehead atoms. The van der Waals surface area contributed by atoms with Crippen LogP contribution in [-0.4, -0.2) is 60.1 Å². The van der Waals surface area contributed by atoms with Crippen molar-refractivity contribution in [1.29, 1.82) is 0 Å². The fraction of sp³-hybridized carbons (Fsp3) is 0.372. The Balaban J connectivity index is 1.06. The molecule has 4 N–H and O–H groups in total. The van der Waals surface area contributed by atoms with Gasteiger partial charge in [-0.15, -0.1) is 0 Å². The van der Waals surface area contributed by atoms with Crippen molar-refractivity contribution in [2.24, 2.45) is 11.8 Å². The van der Waals surface area contributed by atoms with Gasteiger partial charge in [0.1, 0.15) is 11.5 Å². The molecule has 0 radical (unpaired) electrons. The number of amides is 1. The molecule has 1 aliphatic heterocycles. The number of methoxy groups -OCH3 is 2. The topological polar surface area (TPSA) is 127 Å². The molecule has 4 aromatic carbocycles. The third-order valence-corrected chi connectivity index (χ3v) is 11.8. The molecule has 0 spiro atoms. The number of carbonyl (C=O) groups is 2. The Labute approximate surface area is 331 Å². The van der Waals surface area contributed by atoms with Gasteiger partial charge in [-0.1, -0.05) is 65.7 Å². The van der Waals surface area contributed by atoms with E-state index in [2.05, 4.69) is 40.2 Å². The number of carboxylic acids is 1. The van der Waals surface area contributed by atoms with Crippen LogP contribution in [0.1, 0.15) is 55.2 Å². The van der Waals surface area contributed by atoms with E-state index in [9.17, 15) is 14.7 Å². The fourth-order valence-corrected chi connectivity index (χ4v) is 8.55. The summed E-state index contributed by atoms with van der Waals surface area (Å²) in [7, 11) is 3.34. The lowest BCUT2D eigenvalue weighted by molar-refractivity contribution is -0.143. The van der Waals surface area contributed by atoms with Crippen molar-refractivity contribution >= 4 is 46.0 Å². The number of nitrogens with one attached hydrogen (secondary N) is 3. The van der Waals surface area contributed by atoms with Crippen molar-refractivity contribution in [3.63, 3.8) is 0 Å². The Morgan fingerprint density at radius 1 is 0.855 bits per heavy atom. The van der Waals surface area contributed by atoms with Gasteiger partial charge in [-0.3, -0.25) is 14.3 Å². The summed E-state index contributed by atoms with van der Waals surface area (Å²) in [6, 6.07) is 22.5. The molecule has 1 amide bonds. The van der Waals surface area contributed by atoms with E-state index in [4.69, 9.17) is 37.8 Å². The van der Waals surface area contributed by atoms with Gasteiger partial charge in [0.15, 0.2) is 0 Å². The molecule has 0 unspecified atom stereocenters. The van der Waals surface area contributed by atoms with Crippen LogP contribution in [0.4, 0.5) is 0 Å². The van der Waals surface area contributed by atoms with E-state index in [0.717, 1.165) is 100.0 Å². The summed E-state index contributed by atoms with van der Waals surface area (Å²) in [4.78, 5) is 22.9. The summed E-state index contributed by atoms with van der Waals surface area (Å²) in [6.07, 6.45) is 6.63. The first-order valence-corrected chi connectivity index (χ1v) is 19.7. The van der Waals surface area contributed by atoms with Gasteiger partial charge >= 0.3 is 5.97 Å². The van der Waals surface area contributed by atoms with Gasteiger partial charge in [-0.05, 0) is 85.5 Å². The number of benzene rings is 4. The monoisotopic (exact) mass is 783 g/mol. The zero-order valence-corrected chi connectivity index (χ0v) is 32.7. The van der Waals surface area contributed by atoms with Crippen LogP contribution in [0.15, 0.2) is 72.9 Å². The first-order chi connectivity index (χ1) is 26.7. The highest BCUT2D eigenvalue weighted by molar-refractivity contribution is 6.36. The van der Waals surface area contributed by atoms with Gasteiger partial charge in [-0.25, -0.2) is 0 Å². The average molecular weight is 785 g/mol. The maximum atomic E-state index is 11.6. The van der Waals surface area contributed by atoms with Crippen LogP contribution >= 0.6 is 23.2 Å². The molecule has 2 heterocycles. The second-order valence-electron chi connectivity index (χ2n) is 14.6. The van der Waals surface area contributed by atoms with E-state index in [1.807, 2.05) is 53.3 Å². The molecule has 5 aromatic rings. The Kier molecular flexibility index (Phi) is 12.3. The van der Waals surface area contributed by atoms with E-state index < -0.39 is 5.97 Å². The van der Waals surface area contributed by atoms with Crippen LogP contribution < -0.4 is 25.4 Å². The number of aromatic nitrogens is 2. The van der Waals surface area contributed by atoms with E-state index in [0.29, 0.717) is 48.6 Å². The molecule has 1 atom stereocenters. The number of hydrogen-bond donors (Lipinski definition) is 4. The number of carboxylic acid groups (broad SMARTS) is 1. The smallest absolute Gasteiger partial charge is 0.306 e. The van der Waals surface area contributed by atoms with Crippen molar-refractivity contribution in [3.05, 3.63) is 99.7 Å². The van der Waals surface area contributed by atoms with Crippen LogP contribution in [0.3, 0.4) is 0 Å². The second-order valence-corrected chi connectivity index (χ2v) is 15.4. The lowest BCUT2D eigenvalue weighted by atomic mass is 9.82. The molecule has 288 valence electrons. The Morgan fingerprint density at radius 3 is 2.31 bits per heavy atom. The number of carbonyl (C=O) groups excluding carboxylic acids is 1. The third-order valence-electron chi connectivity index (χ3n) is 11.1. The minimum atomic E-state index is -0.678. The molecular formula is C43H47Cl2N5O5. The van der Waals surface area contributed by atoms with Gasteiger partial charge in [-0.2, -0.15) is 5.10 Å². The van der Waals surface area contributed by atoms with Gasteiger partial charge in [0, 0.05) is 64.8 Å². The normalized spacial score (nSPS) is 18.4. The largest absolute Gasteiger partial charge is 0.496 e. The van der Waals surface area contributed by atoms with Crippen LogP contribution in [0.5, 0.6) is 11.5 Å². The number of ether oxygens (including phenoxy) is 2. The zero-order chi connectivity index (χ0) is 38.5. The summed E-state index contributed by atoms with van der Waals surface area (Å²) in [5.41, 5.74) is 7.56. The van der Waals surface area contributed by atoms with Crippen molar-refractivity contribution < 1.29 is 24.2 Å². The van der Waals surface area contributed by atoms with Gasteiger partial charge in [0.2, 0.25) is 5.91 Å². The molecule has 12 heteroatoms. The predicted octanol–water partition coefficient (Wildman–Crippen LogP) is 8.09. The van der Waals surface area contributed by atoms with Crippen molar-refractivity contribution in [2.45, 2.75) is 64.2 Å². The molecule has 2 aliphatic rings. The van der Waals surface area contributed by atoms with Crippen LogP contribution in [0, 0.1) is 11.8 Å². The first kappa shape index (κ1) is 38.7. The standard InChI is InChI=1S/C43H47Cl2N5O5/c1-54-39-18-28(13-14-29(39)21-47-23-32-15-16-41(51)49-32)33-5-3-7-35(42(33)45)34-6-4-8-38-36(34)24-48-50(38)25-31-19-40(55-2)30(17-37(31)44)22-46-20-26-9-11-27(12-10-26)43(52)53/h3-8,13-14,17-19,24,26-27,32,46-47H,9-12,15-16,20-23,25H2,1-2H3,(H,49,51)(H,52,53)/t26?,27?,32-/m0/s1. The minimum Gasteiger partial charge on any atom is -0.496 e. The summed E-state index contributed by atoms with van der Waals surface area (Å²) in [5, 5.41) is 26.3. The summed E-state index contributed by atoms with van der Waals surface area (Å²) in [5.74, 6) is 1.21.